The molecule has 0 radical (unpaired) electrons. The molecule has 3 atom stereocenters. The van der Waals surface area contributed by atoms with Crippen molar-refractivity contribution in [2.24, 2.45) is 5.92 Å². The van der Waals surface area contributed by atoms with E-state index in [0.717, 1.165) is 11.1 Å². The third-order valence-electron chi connectivity index (χ3n) is 6.11. The first-order valence-corrected chi connectivity index (χ1v) is 14.8. The minimum atomic E-state index is -4.69. The second kappa shape index (κ2) is 15.1. The Balaban J connectivity index is 1.78. The summed E-state index contributed by atoms with van der Waals surface area (Å²) in [5, 5.41) is 7.62. The third-order valence-corrected chi connectivity index (χ3v) is 7.27. The molecular formula is C28H36N5O7P. The molecule has 12 nitrogen and oxygen atoms in total. The van der Waals surface area contributed by atoms with Crippen LogP contribution in [0.1, 0.15) is 37.1 Å². The normalized spacial score (nSPS) is 13.6. The molecule has 220 valence electrons. The van der Waals surface area contributed by atoms with Crippen molar-refractivity contribution in [3.8, 4) is 0 Å². The Hall–Kier alpha value is -3.99. The van der Waals surface area contributed by atoms with Crippen molar-refractivity contribution in [3.63, 3.8) is 0 Å². The zero-order valence-corrected chi connectivity index (χ0v) is 23.8. The number of hydrogen-bond donors (Lipinski definition) is 6. The van der Waals surface area contributed by atoms with Crippen molar-refractivity contribution in [2.45, 2.75) is 57.6 Å². The molecule has 3 amide bonds. The Bertz CT molecular complexity index is 1300. The van der Waals surface area contributed by atoms with Crippen molar-refractivity contribution in [3.05, 3.63) is 90.0 Å². The van der Waals surface area contributed by atoms with E-state index in [1.165, 1.54) is 6.33 Å². The molecule has 0 saturated carbocycles. The lowest BCUT2D eigenvalue weighted by Crippen LogP contribution is -2.56. The largest absolute Gasteiger partial charge is 0.445 e. The maximum Gasteiger partial charge on any atom is 0.408 e. The molecule has 13 heteroatoms. The second-order valence-corrected chi connectivity index (χ2v) is 11.8. The number of aromatic amines is 1. The lowest BCUT2D eigenvalue weighted by atomic mass is 10.0. The number of carbonyl (C=O) groups excluding carboxylic acids is 3. The average Bonchev–Trinajstić information content (AvgIpc) is 3.44. The van der Waals surface area contributed by atoms with E-state index >= 15 is 0 Å². The summed E-state index contributed by atoms with van der Waals surface area (Å²) in [6, 6.07) is 15.7. The Morgan fingerprint density at radius 2 is 1.46 bits per heavy atom. The fourth-order valence-electron chi connectivity index (χ4n) is 4.05. The van der Waals surface area contributed by atoms with Crippen molar-refractivity contribution < 1.29 is 33.5 Å². The average molecular weight is 586 g/mol. The van der Waals surface area contributed by atoms with Gasteiger partial charge in [0.1, 0.15) is 24.5 Å². The molecule has 6 N–H and O–H groups in total. The summed E-state index contributed by atoms with van der Waals surface area (Å²) in [7, 11) is -4.69. The molecule has 0 aliphatic heterocycles. The molecule has 3 aromatic rings. The van der Waals surface area contributed by atoms with Crippen LogP contribution in [0.3, 0.4) is 0 Å². The molecule has 3 rings (SSSR count). The fourth-order valence-corrected chi connectivity index (χ4v) is 5.04. The van der Waals surface area contributed by atoms with Crippen LogP contribution < -0.4 is 16.0 Å². The lowest BCUT2D eigenvalue weighted by Gasteiger charge is -2.26. The van der Waals surface area contributed by atoms with Crippen LogP contribution in [0.5, 0.6) is 0 Å². The number of amides is 3. The van der Waals surface area contributed by atoms with Crippen LogP contribution >= 0.6 is 7.60 Å². The Labute approximate surface area is 238 Å². The second-order valence-electron chi connectivity index (χ2n) is 10.0. The third kappa shape index (κ3) is 10.8. The number of imidazole rings is 1. The minimum absolute atomic E-state index is 0.00381. The van der Waals surface area contributed by atoms with Gasteiger partial charge in [0.25, 0.3) is 0 Å². The molecule has 0 aliphatic rings. The number of rotatable bonds is 14. The minimum Gasteiger partial charge on any atom is -0.445 e. The highest BCUT2D eigenvalue weighted by Gasteiger charge is 2.34. The highest BCUT2D eigenvalue weighted by atomic mass is 31.2. The lowest BCUT2D eigenvalue weighted by molar-refractivity contribution is -0.130. The van der Waals surface area contributed by atoms with Gasteiger partial charge < -0.3 is 35.5 Å². The van der Waals surface area contributed by atoms with Crippen LogP contribution in [0.25, 0.3) is 0 Å². The van der Waals surface area contributed by atoms with Gasteiger partial charge in [-0.15, -0.1) is 0 Å². The van der Waals surface area contributed by atoms with Crippen LogP contribution in [0, 0.1) is 5.92 Å². The number of carbonyl (C=O) groups is 3. The number of ether oxygens (including phenoxy) is 1. The molecule has 2 aromatic carbocycles. The van der Waals surface area contributed by atoms with Gasteiger partial charge >= 0.3 is 13.7 Å². The van der Waals surface area contributed by atoms with Crippen LogP contribution in [0.15, 0.2) is 73.2 Å². The molecule has 0 aliphatic carbocycles. The summed E-state index contributed by atoms with van der Waals surface area (Å²) in [5.41, 5.74) is 1.96. The predicted molar refractivity (Wildman–Crippen MR) is 151 cm³/mol. The topological polar surface area (TPSA) is 183 Å². The van der Waals surface area contributed by atoms with Gasteiger partial charge in [-0.2, -0.15) is 0 Å². The number of alkyl carbamates (subject to hydrolysis) is 1. The maximum absolute atomic E-state index is 13.5. The monoisotopic (exact) mass is 585 g/mol. The van der Waals surface area contributed by atoms with Crippen molar-refractivity contribution in [1.29, 1.82) is 0 Å². The van der Waals surface area contributed by atoms with E-state index in [-0.39, 0.29) is 31.8 Å². The van der Waals surface area contributed by atoms with Crippen LogP contribution in [-0.4, -0.2) is 55.5 Å². The van der Waals surface area contributed by atoms with E-state index in [4.69, 9.17) is 4.74 Å². The standard InChI is InChI=1S/C28H36N5O7P/c1-19(2)13-25(41(37,38)39)33-27(35)24(15-22-16-29-18-30-22)31-26(34)23(14-20-9-5-3-6-10-20)32-28(36)40-17-21-11-7-4-8-12-21/h3-12,16,18-19,23-25H,13-15,17H2,1-2H3,(H,29,30)(H,31,34)(H,32,36)(H,33,35)(H2,37,38,39)/t23-,24-,25+/m0/s1. The van der Waals surface area contributed by atoms with E-state index in [0.29, 0.717) is 5.69 Å². The molecule has 1 heterocycles. The Morgan fingerprint density at radius 3 is 2.02 bits per heavy atom. The van der Waals surface area contributed by atoms with Gasteiger partial charge in [0, 0.05) is 19.0 Å². The zero-order valence-electron chi connectivity index (χ0n) is 22.9. The van der Waals surface area contributed by atoms with Crippen molar-refractivity contribution in [2.75, 3.05) is 0 Å². The van der Waals surface area contributed by atoms with Gasteiger partial charge in [0.05, 0.1) is 12.0 Å². The molecule has 0 bridgehead atoms. The molecule has 0 saturated heterocycles. The SMILES string of the molecule is CC(C)C[C@H](NC(=O)[C@H](Cc1c[nH]cn1)NC(=O)[C@H](Cc1ccccc1)NC(=O)OCc1ccccc1)P(=O)(O)O. The Morgan fingerprint density at radius 1 is 0.878 bits per heavy atom. The fraction of sp³-hybridized carbons (Fsp3) is 0.357. The van der Waals surface area contributed by atoms with Gasteiger partial charge in [0.2, 0.25) is 11.8 Å². The predicted octanol–water partition coefficient (Wildman–Crippen LogP) is 2.64. The summed E-state index contributed by atoms with van der Waals surface area (Å²) in [4.78, 5) is 66.0. The first-order valence-electron chi connectivity index (χ1n) is 13.2. The van der Waals surface area contributed by atoms with Crippen LogP contribution in [0.4, 0.5) is 4.79 Å². The first kappa shape index (κ1) is 31.5. The van der Waals surface area contributed by atoms with Crippen LogP contribution in [-0.2, 0) is 38.3 Å². The number of benzene rings is 2. The van der Waals surface area contributed by atoms with E-state index in [2.05, 4.69) is 25.9 Å². The Kier molecular flexibility index (Phi) is 11.6. The van der Waals surface area contributed by atoms with Crippen molar-refractivity contribution >= 4 is 25.5 Å². The number of aromatic nitrogens is 2. The summed E-state index contributed by atoms with van der Waals surface area (Å²) in [6.45, 7) is 3.54. The highest BCUT2D eigenvalue weighted by molar-refractivity contribution is 7.52. The molecule has 1 aromatic heterocycles. The number of nitrogens with zero attached hydrogens (tertiary/aromatic N) is 1. The number of H-pyrrole nitrogens is 1. The van der Waals surface area contributed by atoms with E-state index < -0.39 is 43.4 Å². The van der Waals surface area contributed by atoms with E-state index in [9.17, 15) is 28.7 Å². The molecule has 0 spiro atoms. The summed E-state index contributed by atoms with van der Waals surface area (Å²) >= 11 is 0. The van der Waals surface area contributed by atoms with E-state index in [1.54, 1.807) is 56.4 Å². The number of nitrogens with one attached hydrogen (secondary N) is 4. The highest BCUT2D eigenvalue weighted by Crippen LogP contribution is 2.42. The molecular weight excluding hydrogens is 549 g/mol. The maximum atomic E-state index is 13.5. The van der Waals surface area contributed by atoms with Gasteiger partial charge in [0.15, 0.2) is 0 Å². The van der Waals surface area contributed by atoms with Crippen molar-refractivity contribution in [1.82, 2.24) is 25.9 Å². The van der Waals surface area contributed by atoms with Gasteiger partial charge in [-0.1, -0.05) is 74.5 Å². The summed E-state index contributed by atoms with van der Waals surface area (Å²) < 4.78 is 17.4. The number of hydrogen-bond acceptors (Lipinski definition) is 6. The van der Waals surface area contributed by atoms with Crippen LogP contribution in [0.2, 0.25) is 0 Å². The van der Waals surface area contributed by atoms with Gasteiger partial charge in [-0.3, -0.25) is 14.2 Å². The molecule has 41 heavy (non-hydrogen) atoms. The van der Waals surface area contributed by atoms with E-state index in [1.807, 2.05) is 24.3 Å². The van der Waals surface area contributed by atoms with Gasteiger partial charge in [-0.25, -0.2) is 9.78 Å². The molecule has 0 fully saturated rings. The summed E-state index contributed by atoms with van der Waals surface area (Å²) in [6.07, 6.45) is 2.20. The zero-order chi connectivity index (χ0) is 29.8. The first-order chi connectivity index (χ1) is 19.5. The van der Waals surface area contributed by atoms with Gasteiger partial charge in [-0.05, 0) is 23.5 Å². The quantitative estimate of drug-likeness (QED) is 0.156. The summed E-state index contributed by atoms with van der Waals surface area (Å²) in [5.74, 6) is -3.02. The molecule has 0 unspecified atom stereocenters. The smallest absolute Gasteiger partial charge is 0.408 e.